The van der Waals surface area contributed by atoms with E-state index in [9.17, 15) is 4.79 Å². The molecular formula is C27H20BIrN2O4-. The van der Waals surface area contributed by atoms with Crippen LogP contribution >= 0.6 is 0 Å². The Morgan fingerprint density at radius 2 is 1.63 bits per heavy atom. The molecule has 0 amide bonds. The Hall–Kier alpha value is -3.74. The number of aromatic nitrogens is 2. The van der Waals surface area contributed by atoms with E-state index in [0.717, 1.165) is 44.9 Å². The van der Waals surface area contributed by atoms with E-state index in [4.69, 9.17) is 14.6 Å². The molecule has 0 unspecified atom stereocenters. The zero-order valence-corrected chi connectivity index (χ0v) is 21.4. The van der Waals surface area contributed by atoms with Gasteiger partial charge in [-0.2, -0.15) is 0 Å². The number of hydrogen-bond acceptors (Lipinski definition) is 6. The second-order valence-electron chi connectivity index (χ2n) is 7.99. The van der Waals surface area contributed by atoms with E-state index in [2.05, 4.69) is 28.2 Å². The van der Waals surface area contributed by atoms with Crippen molar-refractivity contribution in [2.75, 3.05) is 0 Å². The van der Waals surface area contributed by atoms with Gasteiger partial charge in [0.25, 0.3) is 0 Å². The van der Waals surface area contributed by atoms with Crippen molar-refractivity contribution in [3.8, 4) is 34.3 Å². The van der Waals surface area contributed by atoms with Crippen molar-refractivity contribution in [1.29, 1.82) is 0 Å². The van der Waals surface area contributed by atoms with Gasteiger partial charge in [0, 0.05) is 62.0 Å². The summed E-state index contributed by atoms with van der Waals surface area (Å²) in [6.45, 7) is 2.92. The maximum Gasteiger partial charge on any atom is 0.208 e. The number of ether oxygens (including phenoxy) is 2. The van der Waals surface area contributed by atoms with E-state index in [1.165, 1.54) is 19.9 Å². The molecule has 6 rings (SSSR count). The third-order valence-corrected chi connectivity index (χ3v) is 5.47. The summed E-state index contributed by atoms with van der Waals surface area (Å²) in [5.41, 5.74) is 4.83. The molecule has 1 N–H and O–H groups in total. The van der Waals surface area contributed by atoms with Crippen molar-refractivity contribution >= 4 is 28.9 Å². The molecule has 2 aliphatic rings. The molecule has 0 bridgehead atoms. The Morgan fingerprint density at radius 3 is 2.20 bits per heavy atom. The third-order valence-electron chi connectivity index (χ3n) is 5.47. The number of ketones is 1. The number of aliphatic hydroxyl groups is 1. The number of allylic oxidation sites excluding steroid dienone is 2. The molecule has 0 fully saturated rings. The molecular weight excluding hydrogens is 619 g/mol. The molecule has 3 aromatic carbocycles. The molecule has 35 heavy (non-hydrogen) atoms. The number of benzene rings is 3. The number of carbonyl (C=O) groups is 1. The van der Waals surface area contributed by atoms with E-state index in [1.807, 2.05) is 42.5 Å². The van der Waals surface area contributed by atoms with Gasteiger partial charge in [-0.1, -0.05) is 47.9 Å². The largest absolute Gasteiger partial charge is 0.512 e. The molecule has 0 atom stereocenters. The van der Waals surface area contributed by atoms with E-state index >= 15 is 0 Å². The zero-order valence-electron chi connectivity index (χ0n) is 19.0. The minimum Gasteiger partial charge on any atom is -0.512 e. The van der Waals surface area contributed by atoms with Crippen LogP contribution in [0.25, 0.3) is 11.3 Å². The Labute approximate surface area is 217 Å². The molecule has 3 heterocycles. The monoisotopic (exact) mass is 640 g/mol. The molecule has 1 radical (unpaired) electrons. The predicted molar refractivity (Wildman–Crippen MR) is 131 cm³/mol. The fourth-order valence-corrected chi connectivity index (χ4v) is 4.19. The van der Waals surface area contributed by atoms with Gasteiger partial charge in [0.15, 0.2) is 5.78 Å². The smallest absolute Gasteiger partial charge is 0.208 e. The molecule has 0 saturated carbocycles. The van der Waals surface area contributed by atoms with Crippen molar-refractivity contribution in [3.63, 3.8) is 0 Å². The van der Waals surface area contributed by atoms with Gasteiger partial charge in [0.05, 0.1) is 5.76 Å². The first-order valence-corrected chi connectivity index (χ1v) is 10.8. The Morgan fingerprint density at radius 1 is 0.971 bits per heavy atom. The third kappa shape index (κ3) is 4.90. The first-order valence-electron chi connectivity index (χ1n) is 10.8. The Bertz CT molecular complexity index is 1350. The number of fused-ring (bicyclic) bond motifs is 4. The Balaban J connectivity index is 0.000000320. The summed E-state index contributed by atoms with van der Waals surface area (Å²) in [4.78, 5) is 18.6. The summed E-state index contributed by atoms with van der Waals surface area (Å²) >= 11 is 0. The van der Waals surface area contributed by atoms with Crippen LogP contribution in [-0.4, -0.2) is 27.6 Å². The second-order valence-corrected chi connectivity index (χ2v) is 7.99. The summed E-state index contributed by atoms with van der Waals surface area (Å²) in [5, 5.41) is 8.36. The number of nitrogens with zero attached hydrogens (tertiary/aromatic N) is 2. The summed E-state index contributed by atoms with van der Waals surface area (Å²) in [5.74, 6) is 3.13. The van der Waals surface area contributed by atoms with E-state index in [0.29, 0.717) is 5.75 Å². The molecule has 4 aromatic rings. The van der Waals surface area contributed by atoms with Gasteiger partial charge in [-0.3, -0.25) is 9.78 Å². The van der Waals surface area contributed by atoms with E-state index < -0.39 is 0 Å². The van der Waals surface area contributed by atoms with E-state index in [-0.39, 0.29) is 38.4 Å². The van der Waals surface area contributed by atoms with Gasteiger partial charge in [0.1, 0.15) is 11.5 Å². The topological polar surface area (TPSA) is 81.5 Å². The van der Waals surface area contributed by atoms with Crippen molar-refractivity contribution in [2.45, 2.75) is 13.8 Å². The van der Waals surface area contributed by atoms with Crippen molar-refractivity contribution in [2.24, 2.45) is 0 Å². The molecule has 2 aliphatic heterocycles. The van der Waals surface area contributed by atoms with Gasteiger partial charge in [-0.05, 0) is 36.9 Å². The predicted octanol–water partition coefficient (Wildman–Crippen LogP) is 3.71. The maximum atomic E-state index is 10.0. The van der Waals surface area contributed by atoms with Gasteiger partial charge >= 0.3 is 0 Å². The molecule has 6 nitrogen and oxygen atoms in total. The van der Waals surface area contributed by atoms with Crippen LogP contribution in [-0.2, 0) is 24.9 Å². The fraction of sp³-hybridized carbons (Fsp3) is 0.0741. The fourth-order valence-electron chi connectivity index (χ4n) is 4.19. The van der Waals surface area contributed by atoms with Crippen LogP contribution in [0.1, 0.15) is 13.8 Å². The standard InChI is InChI=1S/C22H12BN2O2.C5H8O2.Ir/c1-3-7-18-15(5-1)23-16-6-2-4-8-19(16)27-21-12-14(11-20(26-18)22(21)23)17-13-24-9-10-25-17;1-4(6)3-5(2)7;/h1-11,13H;3,6H,1-2H3;/q-1;;/b;4-3-;. The van der Waals surface area contributed by atoms with Crippen LogP contribution in [0.5, 0.6) is 23.0 Å². The number of aliphatic hydroxyl groups excluding tert-OH is 1. The number of carbonyl (C=O) groups excluding carboxylic acids is 1. The average Bonchev–Trinajstić information content (AvgIpc) is 2.83. The molecule has 0 spiro atoms. The summed E-state index contributed by atoms with van der Waals surface area (Å²) in [6, 6.07) is 21.7. The van der Waals surface area contributed by atoms with Crippen LogP contribution in [0, 0.1) is 6.07 Å². The number of rotatable bonds is 2. The second kappa shape index (κ2) is 10.3. The van der Waals surface area contributed by atoms with Crippen molar-refractivity contribution < 1.29 is 39.5 Å². The quantitative estimate of drug-likeness (QED) is 0.135. The average molecular weight is 639 g/mol. The summed E-state index contributed by atoms with van der Waals surface area (Å²) < 4.78 is 12.5. The molecule has 0 saturated heterocycles. The van der Waals surface area contributed by atoms with Crippen LogP contribution in [0.15, 0.2) is 85.0 Å². The molecule has 175 valence electrons. The minimum atomic E-state index is -0.125. The van der Waals surface area contributed by atoms with Crippen LogP contribution in [0.3, 0.4) is 0 Å². The van der Waals surface area contributed by atoms with Crippen LogP contribution in [0.4, 0.5) is 0 Å². The van der Waals surface area contributed by atoms with Gasteiger partial charge in [0.2, 0.25) is 6.71 Å². The zero-order chi connectivity index (χ0) is 23.7. The van der Waals surface area contributed by atoms with Crippen molar-refractivity contribution in [3.05, 3.63) is 91.1 Å². The van der Waals surface area contributed by atoms with Crippen LogP contribution in [0.2, 0.25) is 0 Å². The maximum absolute atomic E-state index is 10.0. The first-order chi connectivity index (χ1) is 16.5. The molecule has 0 aliphatic carbocycles. The minimum absolute atomic E-state index is 0. The van der Waals surface area contributed by atoms with Crippen molar-refractivity contribution in [1.82, 2.24) is 9.97 Å². The first kappa shape index (κ1) is 24.4. The summed E-state index contributed by atoms with van der Waals surface area (Å²) in [6.07, 6.45) is 6.21. The normalized spacial score (nSPS) is 12.3. The SMILES string of the molecule is CC(=O)/C=C(/C)O.[Ir].[c-]1c(-c2cnccn2)cc2c3c1Oc1ccccc1B3c1ccccc1O2. The van der Waals surface area contributed by atoms with Crippen LogP contribution < -0.4 is 25.9 Å². The Kier molecular flexibility index (Phi) is 7.15. The molecule has 8 heteroatoms. The molecule has 1 aromatic heterocycles. The van der Waals surface area contributed by atoms with E-state index in [1.54, 1.807) is 18.6 Å². The summed E-state index contributed by atoms with van der Waals surface area (Å²) in [7, 11) is 0. The number of hydrogen-bond donors (Lipinski definition) is 1. The van der Waals surface area contributed by atoms with Gasteiger partial charge in [-0.25, -0.2) is 0 Å². The van der Waals surface area contributed by atoms with Gasteiger partial charge in [-0.15, -0.1) is 11.6 Å². The van der Waals surface area contributed by atoms with Gasteiger partial charge < -0.3 is 19.6 Å². The number of para-hydroxylation sites is 2.